The van der Waals surface area contributed by atoms with Gasteiger partial charge in [-0.25, -0.2) is 9.97 Å². The molecular weight excluding hydrogens is 336 g/mol. The van der Waals surface area contributed by atoms with Gasteiger partial charge in [0.1, 0.15) is 6.33 Å². The van der Waals surface area contributed by atoms with E-state index in [9.17, 15) is 4.79 Å². The van der Waals surface area contributed by atoms with Gasteiger partial charge in [0.15, 0.2) is 0 Å². The van der Waals surface area contributed by atoms with Crippen LogP contribution in [-0.4, -0.2) is 39.1 Å². The van der Waals surface area contributed by atoms with Crippen LogP contribution >= 0.6 is 0 Å². The second-order valence-electron chi connectivity index (χ2n) is 8.73. The van der Waals surface area contributed by atoms with Gasteiger partial charge in [-0.2, -0.15) is 0 Å². The third-order valence-corrected chi connectivity index (χ3v) is 6.78. The van der Waals surface area contributed by atoms with Gasteiger partial charge in [0, 0.05) is 67.4 Å². The maximum Gasteiger partial charge on any atom is 0.250 e. The molecule has 0 N–H and O–H groups in total. The highest BCUT2D eigenvalue weighted by Crippen LogP contribution is 2.40. The molecule has 2 unspecified atom stereocenters. The molecule has 0 radical (unpaired) electrons. The number of fused-ring (bicyclic) bond motifs is 4. The summed E-state index contributed by atoms with van der Waals surface area (Å²) in [5.41, 5.74) is 3.50. The average molecular weight is 364 g/mol. The van der Waals surface area contributed by atoms with Gasteiger partial charge < -0.3 is 9.47 Å². The smallest absolute Gasteiger partial charge is 0.250 e. The quantitative estimate of drug-likeness (QED) is 0.838. The van der Waals surface area contributed by atoms with E-state index < -0.39 is 0 Å². The Kier molecular flexibility index (Phi) is 4.56. The third-order valence-electron chi connectivity index (χ3n) is 6.78. The molecule has 5 heteroatoms. The summed E-state index contributed by atoms with van der Waals surface area (Å²) in [4.78, 5) is 23.7. The number of piperidine rings is 1. The highest BCUT2D eigenvalue weighted by molar-refractivity contribution is 5.65. The zero-order chi connectivity index (χ0) is 18.2. The van der Waals surface area contributed by atoms with Crippen molar-refractivity contribution in [3.8, 4) is 11.1 Å². The molecule has 2 bridgehead atoms. The van der Waals surface area contributed by atoms with Crippen LogP contribution in [0.4, 0.5) is 0 Å². The Labute approximate surface area is 160 Å². The maximum absolute atomic E-state index is 12.6. The van der Waals surface area contributed by atoms with Crippen LogP contribution in [0.15, 0.2) is 35.6 Å². The molecule has 2 atom stereocenters. The summed E-state index contributed by atoms with van der Waals surface area (Å²) in [5, 5.41) is 0. The fraction of sp³-hybridized carbons (Fsp3) is 0.591. The molecule has 3 aliphatic rings. The largest absolute Gasteiger partial charge is 0.311 e. The lowest BCUT2D eigenvalue weighted by Gasteiger charge is -2.44. The van der Waals surface area contributed by atoms with E-state index in [4.69, 9.17) is 0 Å². The minimum absolute atomic E-state index is 0.140. The van der Waals surface area contributed by atoms with Crippen molar-refractivity contribution in [1.29, 1.82) is 0 Å². The summed E-state index contributed by atoms with van der Waals surface area (Å²) in [5.74, 6) is 1.91. The van der Waals surface area contributed by atoms with Crippen LogP contribution in [0.1, 0.15) is 50.1 Å². The second-order valence-corrected chi connectivity index (χ2v) is 8.73. The molecule has 142 valence electrons. The number of pyridine rings is 1. The van der Waals surface area contributed by atoms with Crippen LogP contribution in [0.5, 0.6) is 0 Å². The first-order valence-corrected chi connectivity index (χ1v) is 10.5. The lowest BCUT2D eigenvalue weighted by atomic mass is 9.80. The molecule has 1 saturated carbocycles. The van der Waals surface area contributed by atoms with E-state index in [1.54, 1.807) is 12.4 Å². The summed E-state index contributed by atoms with van der Waals surface area (Å²) in [6, 6.07) is 3.69. The molecule has 0 spiro atoms. The van der Waals surface area contributed by atoms with Gasteiger partial charge in [-0.15, -0.1) is 0 Å². The molecule has 2 aromatic heterocycles. The molecule has 4 heterocycles. The third kappa shape index (κ3) is 3.33. The van der Waals surface area contributed by atoms with Crippen LogP contribution < -0.4 is 5.56 Å². The van der Waals surface area contributed by atoms with Gasteiger partial charge in [-0.3, -0.25) is 4.79 Å². The molecule has 1 saturated heterocycles. The van der Waals surface area contributed by atoms with Crippen LogP contribution in [0.25, 0.3) is 11.1 Å². The Bertz CT molecular complexity index is 856. The van der Waals surface area contributed by atoms with Gasteiger partial charge >= 0.3 is 0 Å². The van der Waals surface area contributed by atoms with E-state index in [0.717, 1.165) is 36.7 Å². The van der Waals surface area contributed by atoms with Crippen molar-refractivity contribution < 1.29 is 0 Å². The molecule has 0 aromatic carbocycles. The zero-order valence-electron chi connectivity index (χ0n) is 15.9. The molecule has 5 nitrogen and oxygen atoms in total. The molecular formula is C22H28N4O. The summed E-state index contributed by atoms with van der Waals surface area (Å²) < 4.78 is 2.04. The normalized spacial score (nSPS) is 25.9. The summed E-state index contributed by atoms with van der Waals surface area (Å²) in [7, 11) is 0. The van der Waals surface area contributed by atoms with Crippen molar-refractivity contribution in [2.45, 2.75) is 51.0 Å². The standard InChI is InChI=1S/C22H28N4O/c27-21-7-6-20(19-9-23-15-24-10-19)22-18-8-17(13-26(21)22)12-25(14-18)11-16-4-2-1-3-5-16/h6-7,9-10,15-18H,1-5,8,11-14H2. The Morgan fingerprint density at radius 1 is 1.00 bits per heavy atom. The van der Waals surface area contributed by atoms with E-state index in [1.165, 1.54) is 50.8 Å². The van der Waals surface area contributed by atoms with E-state index in [0.29, 0.717) is 11.8 Å². The van der Waals surface area contributed by atoms with Crippen molar-refractivity contribution in [2.75, 3.05) is 19.6 Å². The lowest BCUT2D eigenvalue weighted by molar-refractivity contribution is 0.0970. The van der Waals surface area contributed by atoms with Crippen molar-refractivity contribution in [3.63, 3.8) is 0 Å². The SMILES string of the molecule is O=c1ccc(-c2cncnc2)c2n1CC1CC2CN(CC2CCCCC2)C1. The lowest BCUT2D eigenvalue weighted by Crippen LogP contribution is -2.48. The highest BCUT2D eigenvalue weighted by atomic mass is 16.1. The van der Waals surface area contributed by atoms with Gasteiger partial charge in [0.05, 0.1) is 0 Å². The van der Waals surface area contributed by atoms with Crippen LogP contribution in [0.2, 0.25) is 0 Å². The first-order valence-electron chi connectivity index (χ1n) is 10.5. The number of hydrogen-bond donors (Lipinski definition) is 0. The molecule has 2 aliphatic heterocycles. The molecule has 2 fully saturated rings. The predicted octanol–water partition coefficient (Wildman–Crippen LogP) is 3.30. The first kappa shape index (κ1) is 17.1. The minimum atomic E-state index is 0.140. The van der Waals surface area contributed by atoms with Crippen LogP contribution in [0.3, 0.4) is 0 Å². The topological polar surface area (TPSA) is 51.0 Å². The van der Waals surface area contributed by atoms with Gasteiger partial charge in [0.25, 0.3) is 5.56 Å². The Morgan fingerprint density at radius 2 is 1.81 bits per heavy atom. The maximum atomic E-state index is 12.6. The fourth-order valence-electron chi connectivity index (χ4n) is 5.68. The summed E-state index contributed by atoms with van der Waals surface area (Å²) >= 11 is 0. The first-order chi connectivity index (χ1) is 13.3. The van der Waals surface area contributed by atoms with Crippen molar-refractivity contribution in [1.82, 2.24) is 19.4 Å². The monoisotopic (exact) mass is 364 g/mol. The van der Waals surface area contributed by atoms with Crippen LogP contribution in [-0.2, 0) is 6.54 Å². The van der Waals surface area contributed by atoms with Gasteiger partial charge in [-0.05, 0) is 37.2 Å². The average Bonchev–Trinajstić information content (AvgIpc) is 2.70. The number of aromatic nitrogens is 3. The summed E-state index contributed by atoms with van der Waals surface area (Å²) in [6.07, 6.45) is 13.5. The Morgan fingerprint density at radius 3 is 2.63 bits per heavy atom. The van der Waals surface area contributed by atoms with Crippen molar-refractivity contribution >= 4 is 0 Å². The molecule has 27 heavy (non-hydrogen) atoms. The second kappa shape index (κ2) is 7.19. The van der Waals surface area contributed by atoms with Crippen molar-refractivity contribution in [3.05, 3.63) is 46.9 Å². The molecule has 2 aromatic rings. The Hall–Kier alpha value is -2.01. The number of hydrogen-bond acceptors (Lipinski definition) is 4. The molecule has 5 rings (SSSR count). The summed E-state index contributed by atoms with van der Waals surface area (Å²) in [6.45, 7) is 4.33. The van der Waals surface area contributed by atoms with Crippen LogP contribution in [0, 0.1) is 11.8 Å². The predicted molar refractivity (Wildman–Crippen MR) is 106 cm³/mol. The van der Waals surface area contributed by atoms with E-state index in [2.05, 4.69) is 14.9 Å². The fourth-order valence-corrected chi connectivity index (χ4v) is 5.68. The van der Waals surface area contributed by atoms with Gasteiger partial charge in [0.2, 0.25) is 0 Å². The highest BCUT2D eigenvalue weighted by Gasteiger charge is 2.36. The van der Waals surface area contributed by atoms with E-state index in [1.807, 2.05) is 23.0 Å². The Balaban J connectivity index is 1.46. The van der Waals surface area contributed by atoms with E-state index >= 15 is 0 Å². The number of rotatable bonds is 3. The number of likely N-dealkylation sites (tertiary alicyclic amines) is 1. The minimum Gasteiger partial charge on any atom is -0.311 e. The van der Waals surface area contributed by atoms with Gasteiger partial charge in [-0.1, -0.05) is 19.3 Å². The number of nitrogens with zero attached hydrogens (tertiary/aromatic N) is 4. The molecule has 0 amide bonds. The zero-order valence-corrected chi connectivity index (χ0v) is 15.9. The van der Waals surface area contributed by atoms with Crippen molar-refractivity contribution in [2.24, 2.45) is 11.8 Å². The van der Waals surface area contributed by atoms with E-state index in [-0.39, 0.29) is 5.56 Å². The molecule has 1 aliphatic carbocycles.